The Kier molecular flexibility index (Phi) is 1.88. The summed E-state index contributed by atoms with van der Waals surface area (Å²) in [6.07, 6.45) is 3.73. The van der Waals surface area contributed by atoms with Crippen molar-refractivity contribution < 1.29 is 0 Å². The number of hydrogen-bond donors (Lipinski definition) is 1. The second-order valence-electron chi connectivity index (χ2n) is 2.19. The molecule has 0 aromatic carbocycles. The quantitative estimate of drug-likeness (QED) is 0.742. The molecule has 2 rings (SSSR count). The van der Waals surface area contributed by atoms with E-state index in [1.54, 1.807) is 0 Å². The largest absolute Gasteiger partial charge is 0.353 e. The molecule has 0 fully saturated rings. The molecule has 1 N–H and O–H groups in total. The SMILES string of the molecule is Brc1[nH]cc2ncc(I)cc12. The predicted octanol–water partition coefficient (Wildman–Crippen LogP) is 2.93. The Morgan fingerprint density at radius 1 is 1.55 bits per heavy atom. The zero-order valence-corrected chi connectivity index (χ0v) is 9.18. The molecule has 2 nitrogen and oxygen atoms in total. The van der Waals surface area contributed by atoms with E-state index in [4.69, 9.17) is 0 Å². The van der Waals surface area contributed by atoms with Gasteiger partial charge in [-0.15, -0.1) is 0 Å². The molecular formula is C7H4BrIN2. The summed E-state index contributed by atoms with van der Waals surface area (Å²) in [6, 6.07) is 2.09. The molecule has 2 aromatic heterocycles. The number of nitrogens with one attached hydrogen (secondary N) is 1. The van der Waals surface area contributed by atoms with Crippen molar-refractivity contribution in [2.45, 2.75) is 0 Å². The van der Waals surface area contributed by atoms with Crippen LogP contribution in [0.5, 0.6) is 0 Å². The first kappa shape index (κ1) is 7.54. The van der Waals surface area contributed by atoms with Crippen LogP contribution in [0.3, 0.4) is 0 Å². The van der Waals surface area contributed by atoms with Gasteiger partial charge in [-0.25, -0.2) is 0 Å². The van der Waals surface area contributed by atoms with E-state index in [0.29, 0.717) is 0 Å². The topological polar surface area (TPSA) is 28.7 Å². The van der Waals surface area contributed by atoms with Crippen LogP contribution < -0.4 is 0 Å². The summed E-state index contributed by atoms with van der Waals surface area (Å²) in [5.41, 5.74) is 0.997. The standard InChI is InChI=1S/C7H4BrIN2/c8-7-5-1-4(9)2-10-6(5)3-11-7/h1-3,11H. The second-order valence-corrected chi connectivity index (χ2v) is 4.23. The number of halogens is 2. The van der Waals surface area contributed by atoms with Crippen molar-refractivity contribution in [2.75, 3.05) is 0 Å². The number of aromatic nitrogens is 2. The smallest absolute Gasteiger partial charge is 0.0916 e. The van der Waals surface area contributed by atoms with Gasteiger partial charge in [0.05, 0.1) is 10.1 Å². The molecule has 2 aromatic rings. The third-order valence-electron chi connectivity index (χ3n) is 1.46. The lowest BCUT2D eigenvalue weighted by Gasteiger charge is -1.89. The van der Waals surface area contributed by atoms with Crippen molar-refractivity contribution >= 4 is 49.4 Å². The van der Waals surface area contributed by atoms with Gasteiger partial charge in [0, 0.05) is 21.4 Å². The van der Waals surface area contributed by atoms with E-state index >= 15 is 0 Å². The molecule has 4 heteroatoms. The molecule has 0 saturated carbocycles. The maximum Gasteiger partial charge on any atom is 0.0916 e. The van der Waals surface area contributed by atoms with Crippen LogP contribution in [0.2, 0.25) is 0 Å². The van der Waals surface area contributed by atoms with E-state index in [1.807, 2.05) is 12.4 Å². The van der Waals surface area contributed by atoms with Gasteiger partial charge < -0.3 is 4.98 Å². The molecule has 0 amide bonds. The summed E-state index contributed by atoms with van der Waals surface area (Å²) in [7, 11) is 0. The Labute approximate surface area is 85.7 Å². The van der Waals surface area contributed by atoms with Crippen LogP contribution in [-0.4, -0.2) is 9.97 Å². The van der Waals surface area contributed by atoms with E-state index in [0.717, 1.165) is 19.1 Å². The number of fused-ring (bicyclic) bond motifs is 1. The van der Waals surface area contributed by atoms with Crippen LogP contribution in [0, 0.1) is 3.57 Å². The van der Waals surface area contributed by atoms with Gasteiger partial charge in [0.15, 0.2) is 0 Å². The van der Waals surface area contributed by atoms with E-state index in [9.17, 15) is 0 Å². The van der Waals surface area contributed by atoms with Crippen molar-refractivity contribution in [2.24, 2.45) is 0 Å². The van der Waals surface area contributed by atoms with E-state index in [-0.39, 0.29) is 0 Å². The van der Waals surface area contributed by atoms with Crippen molar-refractivity contribution in [1.29, 1.82) is 0 Å². The summed E-state index contributed by atoms with van der Waals surface area (Å²) in [6.45, 7) is 0. The van der Waals surface area contributed by atoms with E-state index in [2.05, 4.69) is 54.6 Å². The number of hydrogen-bond acceptors (Lipinski definition) is 1. The van der Waals surface area contributed by atoms with Gasteiger partial charge in [-0.3, -0.25) is 4.98 Å². The molecule has 0 aliphatic rings. The van der Waals surface area contributed by atoms with Crippen molar-refractivity contribution in [1.82, 2.24) is 9.97 Å². The third kappa shape index (κ3) is 1.29. The average Bonchev–Trinajstić information content (AvgIpc) is 2.33. The zero-order valence-electron chi connectivity index (χ0n) is 5.44. The molecule has 0 spiro atoms. The molecule has 0 bridgehead atoms. The molecule has 0 aliphatic carbocycles. The van der Waals surface area contributed by atoms with Crippen LogP contribution in [0.15, 0.2) is 23.1 Å². The van der Waals surface area contributed by atoms with Gasteiger partial charge in [0.2, 0.25) is 0 Å². The first-order valence-corrected chi connectivity index (χ1v) is 4.92. The first-order valence-electron chi connectivity index (χ1n) is 3.05. The van der Waals surface area contributed by atoms with Crippen molar-refractivity contribution in [3.8, 4) is 0 Å². The summed E-state index contributed by atoms with van der Waals surface area (Å²) in [5.74, 6) is 0. The lowest BCUT2D eigenvalue weighted by Crippen LogP contribution is -1.74. The van der Waals surface area contributed by atoms with Crippen LogP contribution in [0.25, 0.3) is 10.9 Å². The molecule has 0 atom stereocenters. The lowest BCUT2D eigenvalue weighted by atomic mass is 10.3. The van der Waals surface area contributed by atoms with Crippen LogP contribution in [0.4, 0.5) is 0 Å². The number of pyridine rings is 1. The predicted molar refractivity (Wildman–Crippen MR) is 56.5 cm³/mol. The van der Waals surface area contributed by atoms with E-state index < -0.39 is 0 Å². The van der Waals surface area contributed by atoms with Gasteiger partial charge >= 0.3 is 0 Å². The Hall–Kier alpha value is -0.100. The maximum atomic E-state index is 4.23. The third-order valence-corrected chi connectivity index (χ3v) is 2.70. The molecule has 11 heavy (non-hydrogen) atoms. The summed E-state index contributed by atoms with van der Waals surface area (Å²) >= 11 is 5.65. The maximum absolute atomic E-state index is 4.23. The molecular weight excluding hydrogens is 319 g/mol. The highest BCUT2D eigenvalue weighted by atomic mass is 127. The van der Waals surface area contributed by atoms with Gasteiger partial charge in [0.1, 0.15) is 0 Å². The monoisotopic (exact) mass is 322 g/mol. The number of rotatable bonds is 0. The Bertz CT molecular complexity index is 396. The summed E-state index contributed by atoms with van der Waals surface area (Å²) in [4.78, 5) is 7.29. The molecule has 56 valence electrons. The number of aromatic amines is 1. The summed E-state index contributed by atoms with van der Waals surface area (Å²) < 4.78 is 2.15. The van der Waals surface area contributed by atoms with Crippen molar-refractivity contribution in [3.63, 3.8) is 0 Å². The minimum Gasteiger partial charge on any atom is -0.353 e. The number of nitrogens with zero attached hydrogens (tertiary/aromatic N) is 1. The average molecular weight is 323 g/mol. The van der Waals surface area contributed by atoms with Gasteiger partial charge in [0.25, 0.3) is 0 Å². The normalized spacial score (nSPS) is 10.7. The highest BCUT2D eigenvalue weighted by molar-refractivity contribution is 14.1. The Morgan fingerprint density at radius 3 is 3.18 bits per heavy atom. The first-order chi connectivity index (χ1) is 5.27. The highest BCUT2D eigenvalue weighted by Gasteiger charge is 2.00. The summed E-state index contributed by atoms with van der Waals surface area (Å²) in [5, 5.41) is 1.14. The minimum atomic E-state index is 0.997. The highest BCUT2D eigenvalue weighted by Crippen LogP contribution is 2.22. The lowest BCUT2D eigenvalue weighted by molar-refractivity contribution is 1.36. The number of H-pyrrole nitrogens is 1. The molecule has 0 unspecified atom stereocenters. The minimum absolute atomic E-state index is 0.997. The van der Waals surface area contributed by atoms with Gasteiger partial charge in [-0.05, 0) is 44.6 Å². The fourth-order valence-electron chi connectivity index (χ4n) is 0.950. The van der Waals surface area contributed by atoms with Gasteiger partial charge in [-0.1, -0.05) is 0 Å². The van der Waals surface area contributed by atoms with Crippen molar-refractivity contribution in [3.05, 3.63) is 26.6 Å². The molecule has 0 aliphatic heterocycles. The van der Waals surface area contributed by atoms with E-state index in [1.165, 1.54) is 0 Å². The Balaban J connectivity index is 2.87. The van der Waals surface area contributed by atoms with Crippen LogP contribution in [-0.2, 0) is 0 Å². The molecule has 2 heterocycles. The zero-order chi connectivity index (χ0) is 7.84. The van der Waals surface area contributed by atoms with Crippen LogP contribution >= 0.6 is 38.5 Å². The molecule has 0 saturated heterocycles. The fourth-order valence-corrected chi connectivity index (χ4v) is 1.83. The van der Waals surface area contributed by atoms with Gasteiger partial charge in [-0.2, -0.15) is 0 Å². The van der Waals surface area contributed by atoms with Crippen LogP contribution in [0.1, 0.15) is 0 Å². The molecule has 0 radical (unpaired) electrons. The Morgan fingerprint density at radius 2 is 2.36 bits per heavy atom. The second kappa shape index (κ2) is 2.75. The fraction of sp³-hybridized carbons (Fsp3) is 0.